The second-order valence-electron chi connectivity index (χ2n) is 9.01. The van der Waals surface area contributed by atoms with E-state index in [9.17, 15) is 20.2 Å². The normalized spacial score (nSPS) is 11.2. The molecule has 1 amide bonds. The van der Waals surface area contributed by atoms with Crippen molar-refractivity contribution in [2.45, 2.75) is 13.5 Å². The summed E-state index contributed by atoms with van der Waals surface area (Å²) in [5.41, 5.74) is 2.19. The molecule has 7 heteroatoms. The van der Waals surface area contributed by atoms with E-state index in [4.69, 9.17) is 4.74 Å². The van der Waals surface area contributed by atoms with Crippen molar-refractivity contribution in [3.05, 3.63) is 129 Å². The minimum absolute atomic E-state index is 0.156. The van der Waals surface area contributed by atoms with Gasteiger partial charge in [0.05, 0.1) is 10.6 Å². The van der Waals surface area contributed by atoms with Gasteiger partial charge in [0.1, 0.15) is 24.0 Å². The van der Waals surface area contributed by atoms with E-state index in [2.05, 4.69) is 5.32 Å². The number of anilines is 1. The Morgan fingerprint density at radius 2 is 1.64 bits per heavy atom. The average molecular weight is 514 g/mol. The summed E-state index contributed by atoms with van der Waals surface area (Å²) >= 11 is 0. The maximum absolute atomic E-state index is 13.1. The first-order chi connectivity index (χ1) is 18.9. The molecule has 5 aromatic carbocycles. The van der Waals surface area contributed by atoms with E-state index in [1.807, 2.05) is 84.9 Å². The van der Waals surface area contributed by atoms with E-state index < -0.39 is 10.8 Å². The molecule has 0 radical (unpaired) electrons. The third-order valence-electron chi connectivity index (χ3n) is 6.53. The lowest BCUT2D eigenvalue weighted by atomic mass is 10.0. The van der Waals surface area contributed by atoms with Crippen molar-refractivity contribution in [1.82, 2.24) is 0 Å². The molecule has 5 rings (SSSR count). The monoisotopic (exact) mass is 513 g/mol. The molecule has 0 atom stereocenters. The van der Waals surface area contributed by atoms with Crippen LogP contribution in [0, 0.1) is 28.4 Å². The Hall–Kier alpha value is -5.48. The number of hydrogen-bond acceptors (Lipinski definition) is 5. The maximum Gasteiger partial charge on any atom is 0.271 e. The number of nitro groups is 1. The minimum atomic E-state index is -0.672. The molecule has 1 N–H and O–H groups in total. The molecule has 0 spiro atoms. The third kappa shape index (κ3) is 5.31. The van der Waals surface area contributed by atoms with Crippen molar-refractivity contribution in [1.29, 1.82) is 5.26 Å². The summed E-state index contributed by atoms with van der Waals surface area (Å²) in [5.74, 6) is -0.150. The Morgan fingerprint density at radius 3 is 2.38 bits per heavy atom. The van der Waals surface area contributed by atoms with E-state index in [0.717, 1.165) is 27.1 Å². The van der Waals surface area contributed by atoms with Crippen LogP contribution in [0.2, 0.25) is 0 Å². The van der Waals surface area contributed by atoms with Gasteiger partial charge in [0, 0.05) is 17.7 Å². The Kier molecular flexibility index (Phi) is 7.02. The van der Waals surface area contributed by atoms with Crippen LogP contribution in [0.4, 0.5) is 11.4 Å². The summed E-state index contributed by atoms with van der Waals surface area (Å²) < 4.78 is 6.28. The summed E-state index contributed by atoms with van der Waals surface area (Å²) in [4.78, 5) is 23.8. The topological polar surface area (TPSA) is 105 Å². The number of carbonyl (C=O) groups is 1. The van der Waals surface area contributed by atoms with Crippen LogP contribution in [-0.2, 0) is 11.4 Å². The van der Waals surface area contributed by atoms with E-state index in [0.29, 0.717) is 23.5 Å². The zero-order valence-corrected chi connectivity index (χ0v) is 21.0. The van der Waals surface area contributed by atoms with Gasteiger partial charge in [0.2, 0.25) is 0 Å². The van der Waals surface area contributed by atoms with Crippen LogP contribution in [0.15, 0.2) is 103 Å². The summed E-state index contributed by atoms with van der Waals surface area (Å²) in [7, 11) is 0. The SMILES string of the molecule is Cc1ccc([N+](=O)[O-])cc1NC(=O)/C(C#N)=C/c1c(OCc2cccc3ccccc23)ccc2ccccc12. The summed E-state index contributed by atoms with van der Waals surface area (Å²) in [6.07, 6.45) is 1.50. The van der Waals surface area contributed by atoms with Gasteiger partial charge >= 0.3 is 0 Å². The van der Waals surface area contributed by atoms with Crippen LogP contribution in [0.3, 0.4) is 0 Å². The number of nitrogens with zero attached hydrogens (tertiary/aromatic N) is 2. The number of non-ortho nitro benzene ring substituents is 1. The Labute approximate surface area is 224 Å². The fraction of sp³-hybridized carbons (Fsp3) is 0.0625. The highest BCUT2D eigenvalue weighted by molar-refractivity contribution is 6.11. The van der Waals surface area contributed by atoms with Gasteiger partial charge in [-0.1, -0.05) is 78.9 Å². The predicted octanol–water partition coefficient (Wildman–Crippen LogP) is 7.33. The standard InChI is InChI=1S/C32H23N3O4/c1-21-13-15-26(35(37)38)18-30(21)34-32(36)25(19-33)17-29-28-12-5-3-8-23(28)14-16-31(29)39-20-24-10-6-9-22-7-2-4-11-27(22)24/h2-18H,20H2,1H3,(H,34,36)/b25-17+. The number of rotatable bonds is 7. The lowest BCUT2D eigenvalue weighted by Crippen LogP contribution is -2.14. The van der Waals surface area contributed by atoms with Crippen LogP contribution in [0.5, 0.6) is 5.75 Å². The highest BCUT2D eigenvalue weighted by Crippen LogP contribution is 2.32. The molecule has 5 aromatic rings. The molecule has 0 fully saturated rings. The number of carbonyl (C=O) groups excluding carboxylic acids is 1. The molecule has 7 nitrogen and oxygen atoms in total. The van der Waals surface area contributed by atoms with Crippen molar-refractivity contribution < 1.29 is 14.5 Å². The minimum Gasteiger partial charge on any atom is -0.488 e. The number of benzene rings is 5. The van der Waals surface area contributed by atoms with Gasteiger partial charge in [0.15, 0.2) is 0 Å². The van der Waals surface area contributed by atoms with Gasteiger partial charge in [0.25, 0.3) is 11.6 Å². The van der Waals surface area contributed by atoms with Gasteiger partial charge < -0.3 is 10.1 Å². The molecule has 0 saturated carbocycles. The van der Waals surface area contributed by atoms with Gasteiger partial charge in [-0.25, -0.2) is 0 Å². The molecule has 0 heterocycles. The van der Waals surface area contributed by atoms with Crippen LogP contribution in [-0.4, -0.2) is 10.8 Å². The van der Waals surface area contributed by atoms with E-state index in [1.165, 1.54) is 18.2 Å². The maximum atomic E-state index is 13.1. The van der Waals surface area contributed by atoms with Crippen LogP contribution < -0.4 is 10.1 Å². The molecule has 0 unspecified atom stereocenters. The van der Waals surface area contributed by atoms with Gasteiger partial charge in [-0.3, -0.25) is 14.9 Å². The highest BCUT2D eigenvalue weighted by Gasteiger charge is 2.17. The molecule has 39 heavy (non-hydrogen) atoms. The Morgan fingerprint density at radius 1 is 0.949 bits per heavy atom. The average Bonchev–Trinajstić information content (AvgIpc) is 2.96. The second kappa shape index (κ2) is 10.9. The van der Waals surface area contributed by atoms with Crippen LogP contribution in [0.1, 0.15) is 16.7 Å². The molecular formula is C32H23N3O4. The van der Waals surface area contributed by atoms with Crippen LogP contribution >= 0.6 is 0 Å². The van der Waals surface area contributed by atoms with Gasteiger partial charge in [-0.2, -0.15) is 5.26 Å². The second-order valence-corrected chi connectivity index (χ2v) is 9.01. The predicted molar refractivity (Wildman–Crippen MR) is 152 cm³/mol. The number of nitrogens with one attached hydrogen (secondary N) is 1. The van der Waals surface area contributed by atoms with E-state index >= 15 is 0 Å². The van der Waals surface area contributed by atoms with E-state index in [-0.39, 0.29) is 16.9 Å². The van der Waals surface area contributed by atoms with Crippen molar-refractivity contribution in [2.24, 2.45) is 0 Å². The molecule has 0 saturated heterocycles. The van der Waals surface area contributed by atoms with Gasteiger partial charge in [-0.15, -0.1) is 0 Å². The molecule has 0 aliphatic carbocycles. The molecule has 0 bridgehead atoms. The first kappa shape index (κ1) is 25.2. The fourth-order valence-corrected chi connectivity index (χ4v) is 4.47. The number of nitriles is 1. The third-order valence-corrected chi connectivity index (χ3v) is 6.53. The molecule has 0 aromatic heterocycles. The molecular weight excluding hydrogens is 490 g/mol. The first-order valence-corrected chi connectivity index (χ1v) is 12.2. The van der Waals surface area contributed by atoms with Crippen LogP contribution in [0.25, 0.3) is 27.6 Å². The van der Waals surface area contributed by atoms with Crippen molar-refractivity contribution in [3.8, 4) is 11.8 Å². The summed E-state index contributed by atoms with van der Waals surface area (Å²) in [5, 5.41) is 27.7. The Balaban J connectivity index is 1.51. The summed E-state index contributed by atoms with van der Waals surface area (Å²) in [6, 6.07) is 31.7. The Bertz CT molecular complexity index is 1810. The zero-order chi connectivity index (χ0) is 27.4. The quantitative estimate of drug-likeness (QED) is 0.106. The largest absolute Gasteiger partial charge is 0.488 e. The number of amides is 1. The van der Waals surface area contributed by atoms with Crippen molar-refractivity contribution in [3.63, 3.8) is 0 Å². The number of hydrogen-bond donors (Lipinski definition) is 1. The van der Waals surface area contributed by atoms with Gasteiger partial charge in [-0.05, 0) is 51.7 Å². The lowest BCUT2D eigenvalue weighted by molar-refractivity contribution is -0.384. The fourth-order valence-electron chi connectivity index (χ4n) is 4.47. The zero-order valence-electron chi connectivity index (χ0n) is 21.0. The number of aryl methyl sites for hydroxylation is 1. The van der Waals surface area contributed by atoms with E-state index in [1.54, 1.807) is 13.0 Å². The van der Waals surface area contributed by atoms with Crippen molar-refractivity contribution in [2.75, 3.05) is 5.32 Å². The smallest absolute Gasteiger partial charge is 0.271 e. The first-order valence-electron chi connectivity index (χ1n) is 12.2. The highest BCUT2D eigenvalue weighted by atomic mass is 16.6. The summed E-state index contributed by atoms with van der Waals surface area (Å²) in [6.45, 7) is 2.01. The number of nitro benzene ring substituents is 1. The molecule has 190 valence electrons. The number of ether oxygens (including phenoxy) is 1. The van der Waals surface area contributed by atoms with Crippen molar-refractivity contribution >= 4 is 44.9 Å². The molecule has 0 aliphatic heterocycles. The number of fused-ring (bicyclic) bond motifs is 2. The molecule has 0 aliphatic rings. The lowest BCUT2D eigenvalue weighted by Gasteiger charge is -2.14.